The van der Waals surface area contributed by atoms with Crippen molar-refractivity contribution in [2.24, 2.45) is 0 Å². The predicted octanol–water partition coefficient (Wildman–Crippen LogP) is 0.650. The van der Waals surface area contributed by atoms with Gasteiger partial charge in [0.15, 0.2) is 5.65 Å². The van der Waals surface area contributed by atoms with Crippen LogP contribution >= 0.6 is 0 Å². The summed E-state index contributed by atoms with van der Waals surface area (Å²) in [5, 5.41) is 14.3. The topological polar surface area (TPSA) is 116 Å². The van der Waals surface area contributed by atoms with Crippen LogP contribution in [0.2, 0.25) is 0 Å². The Kier molecular flexibility index (Phi) is 2.96. The quantitative estimate of drug-likeness (QED) is 0.602. The molecule has 0 spiro atoms. The highest BCUT2D eigenvalue weighted by molar-refractivity contribution is 5.98. The number of aliphatic hydroxyl groups is 1. The van der Waals surface area contributed by atoms with Crippen molar-refractivity contribution < 1.29 is 5.11 Å². The number of nitrogens with zero attached hydrogens (tertiary/aromatic N) is 4. The average Bonchev–Trinajstić information content (AvgIpc) is 2.81. The van der Waals surface area contributed by atoms with Crippen molar-refractivity contribution in [1.29, 1.82) is 0 Å². The molecule has 102 valence electrons. The van der Waals surface area contributed by atoms with Crippen molar-refractivity contribution in [2.45, 2.75) is 6.54 Å². The molecule has 0 aliphatic heterocycles. The third kappa shape index (κ3) is 1.94. The van der Waals surface area contributed by atoms with Gasteiger partial charge in [-0.25, -0.2) is 14.6 Å². The zero-order valence-corrected chi connectivity index (χ0v) is 10.7. The maximum atomic E-state index is 9.11. The van der Waals surface area contributed by atoms with Crippen molar-refractivity contribution in [3.63, 3.8) is 0 Å². The SMILES string of the molecule is Nc1ccc(-c2nn(CCO)c3ncnc(N)c23)cc1. The van der Waals surface area contributed by atoms with Crippen molar-refractivity contribution in [1.82, 2.24) is 19.7 Å². The minimum absolute atomic E-state index is 0.0259. The number of benzene rings is 1. The van der Waals surface area contributed by atoms with Gasteiger partial charge in [-0.2, -0.15) is 5.10 Å². The van der Waals surface area contributed by atoms with E-state index in [-0.39, 0.29) is 6.61 Å². The Morgan fingerprint density at radius 2 is 1.85 bits per heavy atom. The summed E-state index contributed by atoms with van der Waals surface area (Å²) in [6, 6.07) is 7.33. The fourth-order valence-corrected chi connectivity index (χ4v) is 2.12. The highest BCUT2D eigenvalue weighted by Crippen LogP contribution is 2.30. The second kappa shape index (κ2) is 4.78. The molecule has 5 N–H and O–H groups in total. The van der Waals surface area contributed by atoms with E-state index in [4.69, 9.17) is 16.6 Å². The number of rotatable bonds is 3. The summed E-state index contributed by atoms with van der Waals surface area (Å²) in [7, 11) is 0. The molecule has 0 unspecified atom stereocenters. The van der Waals surface area contributed by atoms with Crippen LogP contribution in [0.15, 0.2) is 30.6 Å². The number of anilines is 2. The molecule has 0 aliphatic rings. The van der Waals surface area contributed by atoms with Gasteiger partial charge in [-0.3, -0.25) is 0 Å². The van der Waals surface area contributed by atoms with Gasteiger partial charge in [-0.15, -0.1) is 0 Å². The predicted molar refractivity (Wildman–Crippen MR) is 76.7 cm³/mol. The van der Waals surface area contributed by atoms with Crippen LogP contribution in [0, 0.1) is 0 Å². The van der Waals surface area contributed by atoms with Crippen molar-refractivity contribution in [3.05, 3.63) is 30.6 Å². The second-order valence-corrected chi connectivity index (χ2v) is 4.37. The van der Waals surface area contributed by atoms with Gasteiger partial charge in [0.05, 0.1) is 18.5 Å². The highest BCUT2D eigenvalue weighted by Gasteiger charge is 2.16. The van der Waals surface area contributed by atoms with Crippen molar-refractivity contribution in [3.8, 4) is 11.3 Å². The molecule has 3 rings (SSSR count). The first kappa shape index (κ1) is 12.4. The summed E-state index contributed by atoms with van der Waals surface area (Å²) in [6.45, 7) is 0.323. The molecule has 1 aromatic carbocycles. The molecule has 0 saturated heterocycles. The second-order valence-electron chi connectivity index (χ2n) is 4.37. The first-order valence-corrected chi connectivity index (χ1v) is 6.14. The molecule has 20 heavy (non-hydrogen) atoms. The molecular weight excluding hydrogens is 256 g/mol. The van der Waals surface area contributed by atoms with Crippen LogP contribution in [-0.2, 0) is 6.54 Å². The minimum Gasteiger partial charge on any atom is -0.399 e. The third-order valence-electron chi connectivity index (χ3n) is 3.05. The fourth-order valence-electron chi connectivity index (χ4n) is 2.12. The van der Waals surface area contributed by atoms with E-state index in [9.17, 15) is 0 Å². The highest BCUT2D eigenvalue weighted by atomic mass is 16.3. The molecule has 0 saturated carbocycles. The maximum Gasteiger partial charge on any atom is 0.164 e. The molecule has 7 heteroatoms. The number of hydrogen-bond donors (Lipinski definition) is 3. The van der Waals surface area contributed by atoms with E-state index < -0.39 is 0 Å². The number of hydrogen-bond acceptors (Lipinski definition) is 6. The molecule has 2 heterocycles. The summed E-state index contributed by atoms with van der Waals surface area (Å²) in [5.74, 6) is 0.367. The normalized spacial score (nSPS) is 11.1. The standard InChI is InChI=1S/C13H14N6O/c14-9-3-1-8(2-4-9)11-10-12(15)16-7-17-13(10)19(18-11)5-6-20/h1-4,7,20H,5-6,14H2,(H2,15,16,17). The molecule has 0 fully saturated rings. The number of nitrogens with two attached hydrogens (primary N) is 2. The van der Waals surface area contributed by atoms with E-state index in [0.717, 1.165) is 5.56 Å². The van der Waals surface area contributed by atoms with Crippen LogP contribution < -0.4 is 11.5 Å². The van der Waals surface area contributed by atoms with Gasteiger partial charge >= 0.3 is 0 Å². The zero-order chi connectivity index (χ0) is 14.1. The molecule has 0 atom stereocenters. The maximum absolute atomic E-state index is 9.11. The monoisotopic (exact) mass is 270 g/mol. The lowest BCUT2D eigenvalue weighted by atomic mass is 10.1. The van der Waals surface area contributed by atoms with Crippen LogP contribution in [0.1, 0.15) is 0 Å². The van der Waals surface area contributed by atoms with Crippen molar-refractivity contribution in [2.75, 3.05) is 18.1 Å². The Morgan fingerprint density at radius 3 is 2.55 bits per heavy atom. The Morgan fingerprint density at radius 1 is 1.10 bits per heavy atom. The average molecular weight is 270 g/mol. The van der Waals surface area contributed by atoms with Crippen LogP contribution in [0.5, 0.6) is 0 Å². The lowest BCUT2D eigenvalue weighted by molar-refractivity contribution is 0.271. The van der Waals surface area contributed by atoms with Gasteiger partial charge in [0.25, 0.3) is 0 Å². The Labute approximate surface area is 114 Å². The molecule has 0 aliphatic carbocycles. The molecule has 0 bridgehead atoms. The van der Waals surface area contributed by atoms with Gasteiger partial charge in [-0.1, -0.05) is 12.1 Å². The van der Waals surface area contributed by atoms with Gasteiger partial charge in [0.1, 0.15) is 17.8 Å². The van der Waals surface area contributed by atoms with Crippen LogP contribution in [0.3, 0.4) is 0 Å². The van der Waals surface area contributed by atoms with E-state index >= 15 is 0 Å². The third-order valence-corrected chi connectivity index (χ3v) is 3.05. The number of nitrogen functional groups attached to an aromatic ring is 2. The summed E-state index contributed by atoms with van der Waals surface area (Å²) in [5.41, 5.74) is 14.5. The lowest BCUT2D eigenvalue weighted by Crippen LogP contribution is -2.05. The lowest BCUT2D eigenvalue weighted by Gasteiger charge is -1.99. The molecule has 3 aromatic rings. The number of aromatic nitrogens is 4. The number of aliphatic hydroxyl groups excluding tert-OH is 1. The van der Waals surface area contributed by atoms with E-state index in [2.05, 4.69) is 15.1 Å². The number of fused-ring (bicyclic) bond motifs is 1. The summed E-state index contributed by atoms with van der Waals surface area (Å²) in [4.78, 5) is 8.21. The van der Waals surface area contributed by atoms with Crippen molar-refractivity contribution >= 4 is 22.5 Å². The molecule has 0 radical (unpaired) electrons. The minimum atomic E-state index is -0.0259. The summed E-state index contributed by atoms with van der Waals surface area (Å²) < 4.78 is 1.62. The first-order chi connectivity index (χ1) is 9.70. The molecule has 2 aromatic heterocycles. The van der Waals surface area contributed by atoms with E-state index in [0.29, 0.717) is 34.8 Å². The van der Waals surface area contributed by atoms with Crippen LogP contribution in [0.25, 0.3) is 22.3 Å². The summed E-state index contributed by atoms with van der Waals surface area (Å²) in [6.07, 6.45) is 1.39. The van der Waals surface area contributed by atoms with Crippen LogP contribution in [0.4, 0.5) is 11.5 Å². The van der Waals surface area contributed by atoms with Gasteiger partial charge in [0.2, 0.25) is 0 Å². The zero-order valence-electron chi connectivity index (χ0n) is 10.7. The van der Waals surface area contributed by atoms with E-state index in [1.807, 2.05) is 12.1 Å². The van der Waals surface area contributed by atoms with Gasteiger partial charge < -0.3 is 16.6 Å². The molecular formula is C13H14N6O. The Hall–Kier alpha value is -2.67. The smallest absolute Gasteiger partial charge is 0.164 e. The Balaban J connectivity index is 2.27. The largest absolute Gasteiger partial charge is 0.399 e. The van der Waals surface area contributed by atoms with Gasteiger partial charge in [-0.05, 0) is 12.1 Å². The first-order valence-electron chi connectivity index (χ1n) is 6.14. The van der Waals surface area contributed by atoms with Gasteiger partial charge in [0, 0.05) is 11.3 Å². The molecule has 7 nitrogen and oxygen atoms in total. The van der Waals surface area contributed by atoms with E-state index in [1.54, 1.807) is 16.8 Å². The fraction of sp³-hybridized carbons (Fsp3) is 0.154. The Bertz CT molecular complexity index is 749. The molecule has 0 amide bonds. The van der Waals surface area contributed by atoms with Crippen LogP contribution in [-0.4, -0.2) is 31.5 Å². The summed E-state index contributed by atoms with van der Waals surface area (Å²) >= 11 is 0. The van der Waals surface area contributed by atoms with E-state index in [1.165, 1.54) is 6.33 Å².